The van der Waals surface area contributed by atoms with Crippen LogP contribution in [0.25, 0.3) is 0 Å². The van der Waals surface area contributed by atoms with Crippen LogP contribution < -0.4 is 0 Å². The summed E-state index contributed by atoms with van der Waals surface area (Å²) < 4.78 is 28.0. The molecule has 0 aliphatic rings. The first-order valence-corrected chi connectivity index (χ1v) is 6.83. The Kier molecular flexibility index (Phi) is 5.59. The molecule has 12 nitrogen and oxygen atoms in total. The van der Waals surface area contributed by atoms with Crippen molar-refractivity contribution in [1.82, 2.24) is 0 Å². The van der Waals surface area contributed by atoms with E-state index in [0.29, 0.717) is 0 Å². The van der Waals surface area contributed by atoms with Crippen LogP contribution in [0.15, 0.2) is 0 Å². The molecular formula is C4H8O12P2. The number of hydrogen-bond donors (Lipinski definition) is 6. The molecule has 0 heterocycles. The Balaban J connectivity index is 5.26. The summed E-state index contributed by atoms with van der Waals surface area (Å²) in [4.78, 5) is 54.5. The van der Waals surface area contributed by atoms with E-state index in [4.69, 9.17) is 29.8 Å². The van der Waals surface area contributed by atoms with Gasteiger partial charge in [-0.1, -0.05) is 0 Å². The molecular weight excluding hydrogens is 302 g/mol. The molecule has 0 rings (SSSR count). The maximum absolute atomic E-state index is 10.5. The maximum atomic E-state index is 10.5. The highest BCUT2D eigenvalue weighted by molar-refractivity contribution is 7.46. The van der Waals surface area contributed by atoms with Gasteiger partial charge in [0.25, 0.3) is 0 Å². The van der Waals surface area contributed by atoms with E-state index < -0.39 is 39.8 Å². The minimum absolute atomic E-state index is 2.20. The molecule has 2 atom stereocenters. The molecule has 0 aliphatic carbocycles. The van der Waals surface area contributed by atoms with E-state index in [1.165, 1.54) is 0 Å². The smallest absolute Gasteiger partial charge is 0.470 e. The van der Waals surface area contributed by atoms with Gasteiger partial charge in [0, 0.05) is 0 Å². The number of carbonyl (C=O) groups is 2. The van der Waals surface area contributed by atoms with Gasteiger partial charge in [-0.2, -0.15) is 0 Å². The molecule has 0 aromatic heterocycles. The lowest BCUT2D eigenvalue weighted by Crippen LogP contribution is -2.42. The third-order valence-corrected chi connectivity index (χ3v) is 2.27. The van der Waals surface area contributed by atoms with E-state index in [1.807, 2.05) is 0 Å². The number of phosphoric acid groups is 2. The van der Waals surface area contributed by atoms with Gasteiger partial charge < -0.3 is 29.8 Å². The van der Waals surface area contributed by atoms with Gasteiger partial charge in [-0.3, -0.25) is 9.05 Å². The molecule has 0 bridgehead atoms. The fraction of sp³-hybridized carbons (Fsp3) is 0.500. The van der Waals surface area contributed by atoms with Crippen molar-refractivity contribution in [3.63, 3.8) is 0 Å². The Morgan fingerprint density at radius 2 is 1.00 bits per heavy atom. The summed E-state index contributed by atoms with van der Waals surface area (Å²) in [5.41, 5.74) is 0. The quantitative estimate of drug-likeness (QED) is 0.285. The van der Waals surface area contributed by atoms with Crippen LogP contribution in [0, 0.1) is 0 Å². The van der Waals surface area contributed by atoms with Crippen molar-refractivity contribution in [2.75, 3.05) is 0 Å². The predicted molar refractivity (Wildman–Crippen MR) is 49.1 cm³/mol. The van der Waals surface area contributed by atoms with Gasteiger partial charge in [0.15, 0.2) is 0 Å². The fourth-order valence-corrected chi connectivity index (χ4v) is 1.75. The van der Waals surface area contributed by atoms with Crippen molar-refractivity contribution < 1.29 is 57.6 Å². The largest absolute Gasteiger partial charge is 0.479 e. The van der Waals surface area contributed by atoms with Crippen LogP contribution in [-0.2, 0) is 27.8 Å². The summed E-state index contributed by atoms with van der Waals surface area (Å²) in [6.45, 7) is 0. The highest BCUT2D eigenvalue weighted by Crippen LogP contribution is 2.43. The van der Waals surface area contributed by atoms with Crippen LogP contribution in [0.1, 0.15) is 0 Å². The highest BCUT2D eigenvalue weighted by atomic mass is 31.2. The maximum Gasteiger partial charge on any atom is 0.470 e. The van der Waals surface area contributed by atoms with Crippen molar-refractivity contribution >= 4 is 27.6 Å². The summed E-state index contributed by atoms with van der Waals surface area (Å²) in [5, 5.41) is 17.0. The second-order valence-electron chi connectivity index (χ2n) is 2.71. The van der Waals surface area contributed by atoms with Gasteiger partial charge in [-0.15, -0.1) is 0 Å². The molecule has 0 spiro atoms. The molecule has 18 heavy (non-hydrogen) atoms. The summed E-state index contributed by atoms with van der Waals surface area (Å²) in [5.74, 6) is -4.39. The van der Waals surface area contributed by atoms with Crippen LogP contribution in [-0.4, -0.2) is 53.9 Å². The molecule has 106 valence electrons. The summed E-state index contributed by atoms with van der Waals surface area (Å²) in [7, 11) is -10.8. The molecule has 0 amide bonds. The van der Waals surface area contributed by atoms with Crippen molar-refractivity contribution in [3.8, 4) is 0 Å². The summed E-state index contributed by atoms with van der Waals surface area (Å²) in [6, 6.07) is 0. The number of hydrogen-bond acceptors (Lipinski definition) is 6. The Bertz CT molecular complexity index is 376. The summed E-state index contributed by atoms with van der Waals surface area (Å²) in [6.07, 6.45) is -5.62. The van der Waals surface area contributed by atoms with Crippen LogP contribution in [0.5, 0.6) is 0 Å². The topological polar surface area (TPSA) is 208 Å². The molecule has 0 saturated heterocycles. The molecule has 0 saturated carbocycles. The second-order valence-corrected chi connectivity index (χ2v) is 5.09. The molecule has 14 heteroatoms. The van der Waals surface area contributed by atoms with Crippen LogP contribution in [0.2, 0.25) is 0 Å². The standard InChI is InChI=1S/C4H8O12P2/c5-3(6)1(15-17(9,10)11)2(4(7)8)16-18(12,13)14/h1-2H,(H,5,6)(H,7,8)(H2,9,10,11)(H2,12,13,14)/t1-,2-/m1/s1. The third kappa shape index (κ3) is 6.79. The van der Waals surface area contributed by atoms with Gasteiger partial charge in [0.1, 0.15) is 0 Å². The highest BCUT2D eigenvalue weighted by Gasteiger charge is 2.43. The first-order chi connectivity index (χ1) is 7.83. The number of carboxylic acid groups (broad SMARTS) is 2. The van der Waals surface area contributed by atoms with Gasteiger partial charge >= 0.3 is 27.6 Å². The zero-order chi connectivity index (χ0) is 14.7. The Morgan fingerprint density at radius 1 is 0.778 bits per heavy atom. The number of rotatable bonds is 7. The van der Waals surface area contributed by atoms with Crippen molar-refractivity contribution in [1.29, 1.82) is 0 Å². The molecule has 6 N–H and O–H groups in total. The van der Waals surface area contributed by atoms with Crippen molar-refractivity contribution in [3.05, 3.63) is 0 Å². The average molecular weight is 310 g/mol. The lowest BCUT2D eigenvalue weighted by molar-refractivity contribution is -0.163. The van der Waals surface area contributed by atoms with Crippen LogP contribution in [0.4, 0.5) is 0 Å². The molecule has 0 aliphatic heterocycles. The van der Waals surface area contributed by atoms with E-state index in [1.54, 1.807) is 0 Å². The van der Waals surface area contributed by atoms with Crippen molar-refractivity contribution in [2.24, 2.45) is 0 Å². The molecule has 0 radical (unpaired) electrons. The minimum Gasteiger partial charge on any atom is -0.479 e. The van der Waals surface area contributed by atoms with E-state index in [-0.39, 0.29) is 0 Å². The number of phosphoric ester groups is 2. The molecule has 0 aromatic carbocycles. The van der Waals surface area contributed by atoms with Crippen LogP contribution >= 0.6 is 15.6 Å². The summed E-state index contributed by atoms with van der Waals surface area (Å²) >= 11 is 0. The van der Waals surface area contributed by atoms with E-state index in [9.17, 15) is 18.7 Å². The first kappa shape index (κ1) is 17.2. The third-order valence-electron chi connectivity index (χ3n) is 1.26. The van der Waals surface area contributed by atoms with Gasteiger partial charge in [0.05, 0.1) is 0 Å². The molecule has 0 aromatic rings. The minimum atomic E-state index is -5.41. The number of aliphatic carboxylic acids is 2. The first-order valence-electron chi connectivity index (χ1n) is 3.77. The SMILES string of the molecule is O=C(O)[C@H](OP(=O)(O)O)[C@@H](OP(=O)(O)O)C(=O)O. The zero-order valence-electron chi connectivity index (χ0n) is 8.18. The zero-order valence-corrected chi connectivity index (χ0v) is 9.97. The molecule has 0 fully saturated rings. The average Bonchev–Trinajstić information content (AvgIpc) is 2.06. The van der Waals surface area contributed by atoms with E-state index in [0.717, 1.165) is 0 Å². The van der Waals surface area contributed by atoms with Gasteiger partial charge in [-0.05, 0) is 0 Å². The van der Waals surface area contributed by atoms with E-state index in [2.05, 4.69) is 9.05 Å². The Labute approximate surface area is 98.2 Å². The van der Waals surface area contributed by atoms with Gasteiger partial charge in [-0.25, -0.2) is 18.7 Å². The van der Waals surface area contributed by atoms with E-state index >= 15 is 0 Å². The van der Waals surface area contributed by atoms with Crippen LogP contribution in [0.3, 0.4) is 0 Å². The predicted octanol–water partition coefficient (Wildman–Crippen LogP) is -1.89. The number of carboxylic acids is 2. The lowest BCUT2D eigenvalue weighted by atomic mass is 10.2. The normalized spacial score (nSPS) is 16.0. The van der Waals surface area contributed by atoms with Crippen molar-refractivity contribution in [2.45, 2.75) is 12.2 Å². The second kappa shape index (κ2) is 5.87. The fourth-order valence-electron chi connectivity index (χ4n) is 0.756. The van der Waals surface area contributed by atoms with Gasteiger partial charge in [0.2, 0.25) is 12.2 Å². The Hall–Kier alpha value is -0.840. The Morgan fingerprint density at radius 3 is 1.11 bits per heavy atom. The molecule has 0 unspecified atom stereocenters. The lowest BCUT2D eigenvalue weighted by Gasteiger charge is -2.21. The monoisotopic (exact) mass is 310 g/mol.